The summed E-state index contributed by atoms with van der Waals surface area (Å²) in [4.78, 5) is 0. The van der Waals surface area contributed by atoms with Gasteiger partial charge in [0.1, 0.15) is 0 Å². The zero-order valence-corrected chi connectivity index (χ0v) is 16.7. The van der Waals surface area contributed by atoms with Gasteiger partial charge in [0.2, 0.25) is 0 Å². The highest BCUT2D eigenvalue weighted by molar-refractivity contribution is 5.59. The van der Waals surface area contributed by atoms with E-state index in [1.165, 1.54) is 33.4 Å². The van der Waals surface area contributed by atoms with E-state index >= 15 is 0 Å². The maximum Gasteiger partial charge on any atom is 0.0381 e. The van der Waals surface area contributed by atoms with Gasteiger partial charge in [-0.1, -0.05) is 65.8 Å². The van der Waals surface area contributed by atoms with Gasteiger partial charge in [0, 0.05) is 11.4 Å². The first-order valence-electron chi connectivity index (χ1n) is 9.60. The standard InChI is InChI=1S/C23H34N2/c1-7-18-10-16(12-20(14(3)4)22(18)24)9-17-11-19(8-2)23(25)21(13-17)15(5)6/h10-15H,7-9,24-25H2,1-6H3. The van der Waals surface area contributed by atoms with Crippen molar-refractivity contribution in [3.05, 3.63) is 57.6 Å². The Hall–Kier alpha value is -1.96. The summed E-state index contributed by atoms with van der Waals surface area (Å²) in [7, 11) is 0. The minimum Gasteiger partial charge on any atom is -0.398 e. The molecule has 0 fully saturated rings. The maximum atomic E-state index is 6.37. The minimum atomic E-state index is 0.439. The Morgan fingerprint density at radius 1 is 0.680 bits per heavy atom. The van der Waals surface area contributed by atoms with E-state index in [-0.39, 0.29) is 0 Å². The van der Waals surface area contributed by atoms with Gasteiger partial charge in [-0.2, -0.15) is 0 Å². The van der Waals surface area contributed by atoms with Crippen molar-refractivity contribution >= 4 is 11.4 Å². The van der Waals surface area contributed by atoms with Crippen LogP contribution in [0.2, 0.25) is 0 Å². The second kappa shape index (κ2) is 7.95. The maximum absolute atomic E-state index is 6.37. The Morgan fingerprint density at radius 2 is 1.04 bits per heavy atom. The van der Waals surface area contributed by atoms with Crippen molar-refractivity contribution in [3.63, 3.8) is 0 Å². The molecule has 2 aromatic rings. The van der Waals surface area contributed by atoms with Crippen LogP contribution in [0.5, 0.6) is 0 Å². The van der Waals surface area contributed by atoms with Crippen molar-refractivity contribution in [2.75, 3.05) is 11.5 Å². The second-order valence-electron chi connectivity index (χ2n) is 7.71. The van der Waals surface area contributed by atoms with Gasteiger partial charge < -0.3 is 11.5 Å². The fourth-order valence-corrected chi connectivity index (χ4v) is 3.59. The lowest BCUT2D eigenvalue weighted by atomic mass is 9.89. The quantitative estimate of drug-likeness (QED) is 0.653. The van der Waals surface area contributed by atoms with Gasteiger partial charge >= 0.3 is 0 Å². The molecule has 0 atom stereocenters. The largest absolute Gasteiger partial charge is 0.398 e. The lowest BCUT2D eigenvalue weighted by Gasteiger charge is -2.18. The lowest BCUT2D eigenvalue weighted by Crippen LogP contribution is -2.05. The summed E-state index contributed by atoms with van der Waals surface area (Å²) in [6.45, 7) is 13.2. The van der Waals surface area contributed by atoms with Crippen LogP contribution in [-0.2, 0) is 19.3 Å². The van der Waals surface area contributed by atoms with E-state index in [0.29, 0.717) is 11.8 Å². The molecule has 0 aliphatic heterocycles. The highest BCUT2D eigenvalue weighted by atomic mass is 14.6. The first-order chi connectivity index (χ1) is 11.8. The fourth-order valence-electron chi connectivity index (χ4n) is 3.59. The van der Waals surface area contributed by atoms with Crippen LogP contribution in [0.15, 0.2) is 24.3 Å². The van der Waals surface area contributed by atoms with Crippen molar-refractivity contribution < 1.29 is 0 Å². The van der Waals surface area contributed by atoms with Gasteiger partial charge in [-0.15, -0.1) is 0 Å². The van der Waals surface area contributed by atoms with E-state index in [9.17, 15) is 0 Å². The van der Waals surface area contributed by atoms with E-state index in [2.05, 4.69) is 65.8 Å². The molecule has 25 heavy (non-hydrogen) atoms. The van der Waals surface area contributed by atoms with E-state index in [1.54, 1.807) is 0 Å². The van der Waals surface area contributed by atoms with Gasteiger partial charge in [-0.25, -0.2) is 0 Å². The highest BCUT2D eigenvalue weighted by Crippen LogP contribution is 2.31. The molecule has 4 N–H and O–H groups in total. The molecule has 0 saturated heterocycles. The Balaban J connectivity index is 2.49. The number of aryl methyl sites for hydroxylation is 2. The van der Waals surface area contributed by atoms with Crippen LogP contribution < -0.4 is 11.5 Å². The Kier molecular flexibility index (Phi) is 6.16. The molecule has 0 saturated carbocycles. The summed E-state index contributed by atoms with van der Waals surface area (Å²) >= 11 is 0. The number of rotatable bonds is 6. The van der Waals surface area contributed by atoms with Crippen LogP contribution in [-0.4, -0.2) is 0 Å². The molecule has 0 heterocycles. The third-order valence-corrected chi connectivity index (χ3v) is 5.13. The first-order valence-corrected chi connectivity index (χ1v) is 9.60. The summed E-state index contributed by atoms with van der Waals surface area (Å²) in [5.74, 6) is 0.878. The van der Waals surface area contributed by atoms with Gasteiger partial charge in [-0.3, -0.25) is 0 Å². The molecule has 0 spiro atoms. The zero-order valence-electron chi connectivity index (χ0n) is 16.7. The number of hydrogen-bond donors (Lipinski definition) is 2. The molecule has 0 aliphatic carbocycles. The molecule has 2 rings (SSSR count). The SMILES string of the molecule is CCc1cc(Cc2cc(CC)c(N)c(C(C)C)c2)cc(C(C)C)c1N. The fraction of sp³-hybridized carbons (Fsp3) is 0.478. The molecule has 0 bridgehead atoms. The predicted octanol–water partition coefficient (Wildman–Crippen LogP) is 5.81. The van der Waals surface area contributed by atoms with Crippen LogP contribution in [0.1, 0.15) is 86.8 Å². The van der Waals surface area contributed by atoms with Gasteiger partial charge in [-0.05, 0) is 64.5 Å². The Bertz CT molecular complexity index is 679. The van der Waals surface area contributed by atoms with Gasteiger partial charge in [0.05, 0.1) is 0 Å². The zero-order chi connectivity index (χ0) is 18.7. The van der Waals surface area contributed by atoms with Crippen LogP contribution in [0.25, 0.3) is 0 Å². The Labute approximate surface area is 153 Å². The van der Waals surface area contributed by atoms with Crippen LogP contribution in [0.4, 0.5) is 11.4 Å². The molecule has 0 aromatic heterocycles. The summed E-state index contributed by atoms with van der Waals surface area (Å²) in [5, 5.41) is 0. The van der Waals surface area contributed by atoms with Crippen LogP contribution in [0.3, 0.4) is 0 Å². The van der Waals surface area contributed by atoms with Gasteiger partial charge in [0.25, 0.3) is 0 Å². The van der Waals surface area contributed by atoms with E-state index in [0.717, 1.165) is 30.6 Å². The van der Waals surface area contributed by atoms with Gasteiger partial charge in [0.15, 0.2) is 0 Å². The van der Waals surface area contributed by atoms with E-state index < -0.39 is 0 Å². The number of hydrogen-bond acceptors (Lipinski definition) is 2. The van der Waals surface area contributed by atoms with Crippen molar-refractivity contribution in [3.8, 4) is 0 Å². The Morgan fingerprint density at radius 3 is 1.32 bits per heavy atom. The molecule has 2 nitrogen and oxygen atoms in total. The summed E-state index contributed by atoms with van der Waals surface area (Å²) in [5.41, 5.74) is 22.4. The third kappa shape index (κ3) is 4.18. The first kappa shape index (κ1) is 19.4. The molecule has 2 aromatic carbocycles. The third-order valence-electron chi connectivity index (χ3n) is 5.13. The molecule has 0 unspecified atom stereocenters. The number of nitrogen functional groups attached to an aromatic ring is 2. The molecular formula is C23H34N2. The molecule has 0 amide bonds. The average Bonchev–Trinajstić information content (AvgIpc) is 2.56. The van der Waals surface area contributed by atoms with Crippen molar-refractivity contribution in [1.82, 2.24) is 0 Å². The normalized spacial score (nSPS) is 11.5. The van der Waals surface area contributed by atoms with Crippen LogP contribution >= 0.6 is 0 Å². The van der Waals surface area contributed by atoms with E-state index in [4.69, 9.17) is 11.5 Å². The average molecular weight is 339 g/mol. The molecule has 136 valence electrons. The van der Waals surface area contributed by atoms with Crippen molar-refractivity contribution in [2.24, 2.45) is 0 Å². The van der Waals surface area contributed by atoms with Crippen molar-refractivity contribution in [1.29, 1.82) is 0 Å². The molecule has 0 radical (unpaired) electrons. The summed E-state index contributed by atoms with van der Waals surface area (Å²) in [6, 6.07) is 9.13. The minimum absolute atomic E-state index is 0.439. The molecular weight excluding hydrogens is 304 g/mol. The smallest absolute Gasteiger partial charge is 0.0381 e. The molecule has 2 heteroatoms. The monoisotopic (exact) mass is 338 g/mol. The highest BCUT2D eigenvalue weighted by Gasteiger charge is 2.13. The number of benzene rings is 2. The van der Waals surface area contributed by atoms with E-state index in [1.807, 2.05) is 0 Å². The summed E-state index contributed by atoms with van der Waals surface area (Å²) in [6.07, 6.45) is 2.87. The lowest BCUT2D eigenvalue weighted by molar-refractivity contribution is 0.858. The molecule has 0 aliphatic rings. The van der Waals surface area contributed by atoms with Crippen LogP contribution in [0, 0.1) is 0 Å². The topological polar surface area (TPSA) is 52.0 Å². The number of nitrogens with two attached hydrogens (primary N) is 2. The number of anilines is 2. The second-order valence-corrected chi connectivity index (χ2v) is 7.71. The van der Waals surface area contributed by atoms with Crippen molar-refractivity contribution in [2.45, 2.75) is 72.6 Å². The summed E-state index contributed by atoms with van der Waals surface area (Å²) < 4.78 is 0. The predicted molar refractivity (Wildman–Crippen MR) is 111 cm³/mol.